The number of carbonyl (C=O) groups is 3. The number of nitrogens with one attached hydrogen (secondary N) is 2. The zero-order valence-corrected chi connectivity index (χ0v) is 15.8. The molecule has 27 heavy (non-hydrogen) atoms. The molecule has 0 spiro atoms. The predicted molar refractivity (Wildman–Crippen MR) is 97.5 cm³/mol. The molecule has 4 amide bonds. The first-order valence-electron chi connectivity index (χ1n) is 9.23. The quantitative estimate of drug-likeness (QED) is 0.739. The first kappa shape index (κ1) is 19.0. The number of carbonyl (C=O) groups excluding carboxylic acids is 3. The normalized spacial score (nSPS) is 18.9. The van der Waals surface area contributed by atoms with Gasteiger partial charge >= 0.3 is 6.03 Å². The van der Waals surface area contributed by atoms with Crippen molar-refractivity contribution in [2.75, 3.05) is 19.8 Å². The van der Waals surface area contributed by atoms with Crippen LogP contribution in [0.3, 0.4) is 0 Å². The fourth-order valence-electron chi connectivity index (χ4n) is 3.39. The molecule has 1 fully saturated rings. The van der Waals surface area contributed by atoms with Gasteiger partial charge in [0.25, 0.3) is 5.91 Å². The molecular formula is C19H25N3O5. The summed E-state index contributed by atoms with van der Waals surface area (Å²) in [7, 11) is 0. The van der Waals surface area contributed by atoms with E-state index in [1.807, 2.05) is 32.9 Å². The van der Waals surface area contributed by atoms with E-state index >= 15 is 0 Å². The second kappa shape index (κ2) is 7.46. The second-order valence-electron chi connectivity index (χ2n) is 6.80. The van der Waals surface area contributed by atoms with Crippen molar-refractivity contribution in [3.05, 3.63) is 23.8 Å². The summed E-state index contributed by atoms with van der Waals surface area (Å²) in [6.45, 7) is 6.21. The third-order valence-electron chi connectivity index (χ3n) is 5.20. The Bertz CT molecular complexity index is 760. The fraction of sp³-hybridized carbons (Fsp3) is 0.526. The van der Waals surface area contributed by atoms with Crippen LogP contribution >= 0.6 is 0 Å². The highest BCUT2D eigenvalue weighted by Crippen LogP contribution is 2.32. The summed E-state index contributed by atoms with van der Waals surface area (Å²) in [5, 5.41) is 5.54. The van der Waals surface area contributed by atoms with Crippen molar-refractivity contribution in [3.8, 4) is 11.5 Å². The van der Waals surface area contributed by atoms with Crippen LogP contribution in [-0.2, 0) is 9.59 Å². The molecule has 8 heteroatoms. The lowest BCUT2D eigenvalue weighted by Gasteiger charge is -2.23. The highest BCUT2D eigenvalue weighted by atomic mass is 16.6. The van der Waals surface area contributed by atoms with Crippen LogP contribution in [0, 0.1) is 0 Å². The largest absolute Gasteiger partial charge is 0.486 e. The van der Waals surface area contributed by atoms with Gasteiger partial charge in [-0.3, -0.25) is 14.5 Å². The van der Waals surface area contributed by atoms with E-state index in [1.165, 1.54) is 0 Å². The number of ether oxygens (including phenoxy) is 2. The molecule has 0 aliphatic carbocycles. The van der Waals surface area contributed by atoms with Crippen molar-refractivity contribution in [2.45, 2.75) is 45.2 Å². The average molecular weight is 375 g/mol. The minimum atomic E-state index is -0.904. The van der Waals surface area contributed by atoms with Crippen LogP contribution in [0.4, 0.5) is 4.79 Å². The van der Waals surface area contributed by atoms with Crippen molar-refractivity contribution < 1.29 is 23.9 Å². The number of imide groups is 1. The van der Waals surface area contributed by atoms with E-state index in [1.54, 1.807) is 6.07 Å². The highest BCUT2D eigenvalue weighted by Gasteiger charge is 2.49. The summed E-state index contributed by atoms with van der Waals surface area (Å²) in [4.78, 5) is 38.1. The van der Waals surface area contributed by atoms with Gasteiger partial charge < -0.3 is 20.1 Å². The zero-order valence-electron chi connectivity index (χ0n) is 15.8. The average Bonchev–Trinajstić information content (AvgIpc) is 2.92. The number of hydrogen-bond donors (Lipinski definition) is 2. The predicted octanol–water partition coefficient (Wildman–Crippen LogP) is 1.75. The first-order chi connectivity index (χ1) is 12.9. The minimum Gasteiger partial charge on any atom is -0.486 e. The molecule has 2 N–H and O–H groups in total. The number of urea groups is 1. The van der Waals surface area contributed by atoms with Crippen LogP contribution in [0.1, 0.15) is 45.2 Å². The third kappa shape index (κ3) is 3.56. The maximum atomic E-state index is 12.6. The molecule has 146 valence electrons. The Balaban J connectivity index is 1.64. The van der Waals surface area contributed by atoms with Crippen LogP contribution in [0.2, 0.25) is 0 Å². The molecule has 1 aromatic rings. The Labute approximate surface area is 158 Å². The fourth-order valence-corrected chi connectivity index (χ4v) is 3.39. The van der Waals surface area contributed by atoms with Gasteiger partial charge in [0, 0.05) is 0 Å². The van der Waals surface area contributed by atoms with E-state index in [-0.39, 0.29) is 18.5 Å². The SMILES string of the molecule is CCC1(CC)NC(=O)N(CC(=O)NC(C)c2ccc3c(c2)OCCO3)C1=O. The monoisotopic (exact) mass is 375 g/mol. The maximum Gasteiger partial charge on any atom is 0.325 e. The summed E-state index contributed by atoms with van der Waals surface area (Å²) in [6.07, 6.45) is 0.972. The van der Waals surface area contributed by atoms with Gasteiger partial charge in [-0.25, -0.2) is 4.79 Å². The highest BCUT2D eigenvalue weighted by molar-refractivity contribution is 6.09. The molecule has 0 radical (unpaired) electrons. The molecule has 2 aliphatic heterocycles. The number of nitrogens with zero attached hydrogens (tertiary/aromatic N) is 1. The molecule has 2 heterocycles. The van der Waals surface area contributed by atoms with Gasteiger partial charge in [0.2, 0.25) is 5.91 Å². The van der Waals surface area contributed by atoms with Crippen LogP contribution in [0.5, 0.6) is 11.5 Å². The van der Waals surface area contributed by atoms with Crippen LogP contribution < -0.4 is 20.1 Å². The lowest BCUT2D eigenvalue weighted by molar-refractivity contribution is -0.135. The molecule has 8 nitrogen and oxygen atoms in total. The van der Waals surface area contributed by atoms with E-state index < -0.39 is 17.5 Å². The van der Waals surface area contributed by atoms with Crippen LogP contribution in [0.25, 0.3) is 0 Å². The summed E-state index contributed by atoms with van der Waals surface area (Å²) in [5.41, 5.74) is -0.0556. The van der Waals surface area contributed by atoms with Gasteiger partial charge in [-0.05, 0) is 37.5 Å². The van der Waals surface area contributed by atoms with Crippen molar-refractivity contribution in [1.29, 1.82) is 0 Å². The summed E-state index contributed by atoms with van der Waals surface area (Å²) in [5.74, 6) is 0.575. The summed E-state index contributed by atoms with van der Waals surface area (Å²) in [6, 6.07) is 4.65. The molecule has 0 aromatic heterocycles. The lowest BCUT2D eigenvalue weighted by Crippen LogP contribution is -2.46. The van der Waals surface area contributed by atoms with Crippen LogP contribution in [0.15, 0.2) is 18.2 Å². The van der Waals surface area contributed by atoms with Crippen molar-refractivity contribution in [3.63, 3.8) is 0 Å². The Morgan fingerprint density at radius 2 is 1.89 bits per heavy atom. The molecule has 0 saturated carbocycles. The number of hydrogen-bond acceptors (Lipinski definition) is 5. The molecule has 1 atom stereocenters. The summed E-state index contributed by atoms with van der Waals surface area (Å²) < 4.78 is 11.1. The van der Waals surface area contributed by atoms with Gasteiger partial charge in [-0.15, -0.1) is 0 Å². The Kier molecular flexibility index (Phi) is 5.25. The van der Waals surface area contributed by atoms with Crippen molar-refractivity contribution >= 4 is 17.8 Å². The number of rotatable bonds is 6. The maximum absolute atomic E-state index is 12.6. The third-order valence-corrected chi connectivity index (χ3v) is 5.20. The standard InChI is InChI=1S/C19H25N3O5/c1-4-19(5-2)17(24)22(18(25)21-19)11-16(23)20-12(3)13-6-7-14-15(10-13)27-9-8-26-14/h6-7,10,12H,4-5,8-9,11H2,1-3H3,(H,20,23)(H,21,25). The van der Waals surface area contributed by atoms with E-state index in [9.17, 15) is 14.4 Å². The Hall–Kier alpha value is -2.77. The van der Waals surface area contributed by atoms with E-state index in [4.69, 9.17) is 9.47 Å². The molecular weight excluding hydrogens is 350 g/mol. The van der Waals surface area contributed by atoms with E-state index in [2.05, 4.69) is 10.6 Å². The summed E-state index contributed by atoms with van der Waals surface area (Å²) >= 11 is 0. The lowest BCUT2D eigenvalue weighted by atomic mass is 9.93. The van der Waals surface area contributed by atoms with Crippen LogP contribution in [-0.4, -0.2) is 48.0 Å². The Morgan fingerprint density at radius 3 is 2.52 bits per heavy atom. The minimum absolute atomic E-state index is 0.304. The molecule has 1 saturated heterocycles. The molecule has 0 bridgehead atoms. The molecule has 1 aromatic carbocycles. The van der Waals surface area contributed by atoms with Gasteiger partial charge in [0.1, 0.15) is 25.3 Å². The number of fused-ring (bicyclic) bond motifs is 1. The topological polar surface area (TPSA) is 97.0 Å². The first-order valence-corrected chi connectivity index (χ1v) is 9.23. The van der Waals surface area contributed by atoms with Gasteiger partial charge in [0.15, 0.2) is 11.5 Å². The molecule has 1 unspecified atom stereocenters. The molecule has 3 rings (SSSR count). The van der Waals surface area contributed by atoms with E-state index in [0.29, 0.717) is 37.6 Å². The number of benzene rings is 1. The van der Waals surface area contributed by atoms with Crippen molar-refractivity contribution in [2.24, 2.45) is 0 Å². The van der Waals surface area contributed by atoms with Gasteiger partial charge in [-0.1, -0.05) is 19.9 Å². The number of amides is 4. The molecule has 2 aliphatic rings. The second-order valence-corrected chi connectivity index (χ2v) is 6.80. The Morgan fingerprint density at radius 1 is 1.22 bits per heavy atom. The van der Waals surface area contributed by atoms with Crippen molar-refractivity contribution in [1.82, 2.24) is 15.5 Å². The van der Waals surface area contributed by atoms with Gasteiger partial charge in [0.05, 0.1) is 6.04 Å². The van der Waals surface area contributed by atoms with E-state index in [0.717, 1.165) is 10.5 Å². The zero-order chi connectivity index (χ0) is 19.6. The smallest absolute Gasteiger partial charge is 0.325 e. The van der Waals surface area contributed by atoms with Gasteiger partial charge in [-0.2, -0.15) is 0 Å².